The normalized spacial score (nSPS) is 12.2. The van der Waals surface area contributed by atoms with Crippen LogP contribution in [0.2, 0.25) is 5.02 Å². The number of halogens is 1. The molecule has 0 saturated carbocycles. The fourth-order valence-electron chi connectivity index (χ4n) is 4.04. The van der Waals surface area contributed by atoms with Crippen LogP contribution in [0.4, 0.5) is 0 Å². The number of nitrogens with zero attached hydrogens (tertiary/aromatic N) is 3. The minimum Gasteiger partial charge on any atom is -0.396 e. The predicted octanol–water partition coefficient (Wildman–Crippen LogP) is 3.59. The number of aliphatic hydroxyl groups excluding tert-OH is 2. The monoisotopic (exact) mass is 540 g/mol. The van der Waals surface area contributed by atoms with Gasteiger partial charge in [0.25, 0.3) is 5.91 Å². The van der Waals surface area contributed by atoms with E-state index in [2.05, 4.69) is 10.3 Å². The van der Waals surface area contributed by atoms with Gasteiger partial charge in [-0.25, -0.2) is 0 Å². The minimum absolute atomic E-state index is 0.00189. The molecule has 1 atom stereocenters. The van der Waals surface area contributed by atoms with Gasteiger partial charge in [0.05, 0.1) is 11.1 Å². The quantitative estimate of drug-likeness (QED) is 0.268. The summed E-state index contributed by atoms with van der Waals surface area (Å²) in [5, 5.41) is 23.8. The Morgan fingerprint density at radius 2 is 2.03 bits per heavy atom. The Labute approximate surface area is 223 Å². The summed E-state index contributed by atoms with van der Waals surface area (Å²) in [4.78, 5) is 34.1. The summed E-state index contributed by atoms with van der Waals surface area (Å²) < 4.78 is 1.86. The topological polar surface area (TPSA) is 108 Å². The average Bonchev–Trinajstić information content (AvgIpc) is 3.32. The van der Waals surface area contributed by atoms with Crippen LogP contribution >= 0.6 is 22.9 Å². The summed E-state index contributed by atoms with van der Waals surface area (Å²) in [5.74, 6) is -0.456. The van der Waals surface area contributed by atoms with Crippen LogP contribution < -0.4 is 10.7 Å². The number of carbonyl (C=O) groups is 1. The van der Waals surface area contributed by atoms with Gasteiger partial charge in [0.2, 0.25) is 5.43 Å². The number of aromatic nitrogens is 2. The average molecular weight is 541 g/mol. The second-order valence-electron chi connectivity index (χ2n) is 8.85. The van der Waals surface area contributed by atoms with Crippen LogP contribution in [0.3, 0.4) is 0 Å². The molecule has 0 bridgehead atoms. The van der Waals surface area contributed by atoms with Crippen molar-refractivity contribution in [3.05, 3.63) is 97.9 Å². The van der Waals surface area contributed by atoms with E-state index in [0.717, 1.165) is 15.3 Å². The van der Waals surface area contributed by atoms with E-state index in [9.17, 15) is 19.8 Å². The van der Waals surface area contributed by atoms with E-state index >= 15 is 0 Å². The second kappa shape index (κ2) is 12.4. The number of hydrogen-bond acceptors (Lipinski definition) is 7. The molecule has 37 heavy (non-hydrogen) atoms. The van der Waals surface area contributed by atoms with Crippen molar-refractivity contribution in [1.29, 1.82) is 0 Å². The SMILES string of the molecule is CN(Cc1cc2c(=O)c(C(=O)NCc3ccc(Cl)cc3)cn(CCCO)c2s1)CC(O)c1ccccn1. The van der Waals surface area contributed by atoms with E-state index in [-0.39, 0.29) is 24.1 Å². The highest BCUT2D eigenvalue weighted by molar-refractivity contribution is 7.18. The molecule has 10 heteroatoms. The van der Waals surface area contributed by atoms with E-state index in [1.807, 2.05) is 40.8 Å². The summed E-state index contributed by atoms with van der Waals surface area (Å²) in [6.07, 6.45) is 2.98. The fraction of sp³-hybridized carbons (Fsp3) is 0.296. The molecule has 0 fully saturated rings. The maximum atomic E-state index is 13.3. The van der Waals surface area contributed by atoms with Crippen molar-refractivity contribution in [2.75, 3.05) is 20.2 Å². The van der Waals surface area contributed by atoms with Crippen molar-refractivity contribution in [3.63, 3.8) is 0 Å². The van der Waals surface area contributed by atoms with E-state index in [4.69, 9.17) is 11.6 Å². The van der Waals surface area contributed by atoms with Crippen LogP contribution in [-0.4, -0.2) is 50.8 Å². The first-order valence-corrected chi connectivity index (χ1v) is 13.1. The number of rotatable bonds is 11. The lowest BCUT2D eigenvalue weighted by atomic mass is 10.1. The smallest absolute Gasteiger partial charge is 0.257 e. The van der Waals surface area contributed by atoms with Crippen molar-refractivity contribution in [3.8, 4) is 0 Å². The molecule has 3 aromatic heterocycles. The van der Waals surface area contributed by atoms with Crippen molar-refractivity contribution in [1.82, 2.24) is 19.8 Å². The number of nitrogens with one attached hydrogen (secondary N) is 1. The molecule has 3 heterocycles. The lowest BCUT2D eigenvalue weighted by molar-refractivity contribution is 0.0949. The van der Waals surface area contributed by atoms with Gasteiger partial charge in [-0.2, -0.15) is 0 Å². The molecule has 0 radical (unpaired) electrons. The fourth-order valence-corrected chi connectivity index (χ4v) is 5.40. The first-order chi connectivity index (χ1) is 17.9. The number of carbonyl (C=O) groups excluding carboxylic acids is 1. The number of likely N-dealkylation sites (N-methyl/N-ethyl adjacent to an activating group) is 1. The zero-order chi connectivity index (χ0) is 26.4. The molecule has 8 nitrogen and oxygen atoms in total. The highest BCUT2D eigenvalue weighted by Crippen LogP contribution is 2.26. The van der Waals surface area contributed by atoms with Gasteiger partial charge in [-0.3, -0.25) is 19.5 Å². The third kappa shape index (κ3) is 6.82. The molecule has 0 spiro atoms. The van der Waals surface area contributed by atoms with Gasteiger partial charge in [0.1, 0.15) is 16.5 Å². The third-order valence-corrected chi connectivity index (χ3v) is 7.32. The van der Waals surface area contributed by atoms with Crippen LogP contribution in [-0.2, 0) is 19.6 Å². The van der Waals surface area contributed by atoms with Crippen LogP contribution in [0.1, 0.15) is 39.0 Å². The molecule has 0 aliphatic heterocycles. The van der Waals surface area contributed by atoms with Gasteiger partial charge in [0.15, 0.2) is 0 Å². The van der Waals surface area contributed by atoms with Gasteiger partial charge in [0, 0.05) is 55.1 Å². The van der Waals surface area contributed by atoms with Crippen LogP contribution in [0.5, 0.6) is 0 Å². The Morgan fingerprint density at radius 1 is 1.24 bits per heavy atom. The zero-order valence-corrected chi connectivity index (χ0v) is 22.0. The molecule has 4 rings (SSSR count). The summed E-state index contributed by atoms with van der Waals surface area (Å²) in [5.41, 5.74) is 1.20. The Bertz CT molecular complexity index is 1410. The molecule has 3 N–H and O–H groups in total. The minimum atomic E-state index is -0.735. The largest absolute Gasteiger partial charge is 0.396 e. The maximum Gasteiger partial charge on any atom is 0.257 e. The van der Waals surface area contributed by atoms with Crippen molar-refractivity contribution < 1.29 is 15.0 Å². The van der Waals surface area contributed by atoms with E-state index in [1.54, 1.807) is 36.7 Å². The lowest BCUT2D eigenvalue weighted by Gasteiger charge is -2.19. The van der Waals surface area contributed by atoms with Crippen molar-refractivity contribution >= 4 is 39.1 Å². The molecular weight excluding hydrogens is 512 g/mol. The number of hydrogen-bond donors (Lipinski definition) is 3. The molecule has 0 aliphatic carbocycles. The van der Waals surface area contributed by atoms with E-state index in [0.29, 0.717) is 42.2 Å². The highest BCUT2D eigenvalue weighted by atomic mass is 35.5. The molecule has 1 amide bonds. The summed E-state index contributed by atoms with van der Waals surface area (Å²) >= 11 is 7.40. The molecule has 0 aliphatic rings. The summed E-state index contributed by atoms with van der Waals surface area (Å²) in [6, 6.07) is 14.4. The van der Waals surface area contributed by atoms with E-state index in [1.165, 1.54) is 11.3 Å². The van der Waals surface area contributed by atoms with Crippen LogP contribution in [0.25, 0.3) is 10.2 Å². The molecule has 194 valence electrons. The number of fused-ring (bicyclic) bond motifs is 1. The molecule has 1 aromatic carbocycles. The number of thiophene rings is 1. The summed E-state index contributed by atoms with van der Waals surface area (Å²) in [6.45, 7) is 1.62. The van der Waals surface area contributed by atoms with Gasteiger partial charge in [-0.15, -0.1) is 11.3 Å². The highest BCUT2D eigenvalue weighted by Gasteiger charge is 2.19. The number of benzene rings is 1. The maximum absolute atomic E-state index is 13.3. The van der Waals surface area contributed by atoms with Gasteiger partial charge < -0.3 is 20.1 Å². The van der Waals surface area contributed by atoms with E-state index < -0.39 is 12.0 Å². The molecule has 0 saturated heterocycles. The van der Waals surface area contributed by atoms with Gasteiger partial charge in [-0.1, -0.05) is 29.8 Å². The van der Waals surface area contributed by atoms with Gasteiger partial charge >= 0.3 is 0 Å². The molecular formula is C27H29ClN4O4S. The molecule has 1 unspecified atom stereocenters. The van der Waals surface area contributed by atoms with Crippen LogP contribution in [0, 0.1) is 0 Å². The Hall–Kier alpha value is -3.08. The Morgan fingerprint density at radius 3 is 2.73 bits per heavy atom. The van der Waals surface area contributed by atoms with Gasteiger partial charge in [-0.05, 0) is 49.4 Å². The third-order valence-electron chi connectivity index (χ3n) is 5.91. The van der Waals surface area contributed by atoms with Crippen molar-refractivity contribution in [2.45, 2.75) is 32.2 Å². The number of amides is 1. The second-order valence-corrected chi connectivity index (χ2v) is 10.4. The lowest BCUT2D eigenvalue weighted by Crippen LogP contribution is -2.29. The zero-order valence-electron chi connectivity index (χ0n) is 20.4. The van der Waals surface area contributed by atoms with Crippen molar-refractivity contribution in [2.24, 2.45) is 0 Å². The standard InChI is InChI=1S/C27H29ClN4O4S/c1-31(17-24(34)23-5-2-3-10-29-23)15-20-13-21-25(35)22(16-32(11-4-12-33)27(21)37-20)26(36)30-14-18-6-8-19(28)9-7-18/h2-3,5-10,13,16,24,33-34H,4,11-12,14-15,17H2,1H3,(H,30,36). The number of aliphatic hydroxyl groups is 2. The number of aryl methyl sites for hydroxylation is 1. The Balaban J connectivity index is 1.55. The van der Waals surface area contributed by atoms with Crippen LogP contribution in [0.15, 0.2) is 65.7 Å². The molecule has 4 aromatic rings. The first-order valence-electron chi connectivity index (χ1n) is 11.9. The number of pyridine rings is 2. The first kappa shape index (κ1) is 27.0. The summed E-state index contributed by atoms with van der Waals surface area (Å²) in [7, 11) is 1.89. The Kier molecular flexibility index (Phi) is 9.07. The predicted molar refractivity (Wildman–Crippen MR) is 146 cm³/mol.